The van der Waals surface area contributed by atoms with E-state index in [2.05, 4.69) is 20.5 Å². The van der Waals surface area contributed by atoms with Gasteiger partial charge in [-0.15, -0.1) is 0 Å². The van der Waals surface area contributed by atoms with Gasteiger partial charge in [-0.2, -0.15) is 0 Å². The zero-order chi connectivity index (χ0) is 24.4. The van der Waals surface area contributed by atoms with E-state index in [0.29, 0.717) is 54.3 Å². The molecule has 10 heteroatoms. The van der Waals surface area contributed by atoms with E-state index in [1.165, 1.54) is 6.20 Å². The topological polar surface area (TPSA) is 112 Å². The number of aliphatic hydroxyl groups is 1. The molecular formula is C23H33Cl2N5O3. The summed E-state index contributed by atoms with van der Waals surface area (Å²) >= 11 is 12.1. The zero-order valence-electron chi connectivity index (χ0n) is 19.3. The molecule has 0 bridgehead atoms. The predicted molar refractivity (Wildman–Crippen MR) is 133 cm³/mol. The van der Waals surface area contributed by atoms with Crippen molar-refractivity contribution in [2.75, 3.05) is 39.5 Å². The Balaban J connectivity index is 2.11. The van der Waals surface area contributed by atoms with Gasteiger partial charge in [0.1, 0.15) is 11.5 Å². The second-order valence-electron chi connectivity index (χ2n) is 7.95. The van der Waals surface area contributed by atoms with Crippen molar-refractivity contribution < 1.29 is 14.6 Å². The maximum absolute atomic E-state index is 13.1. The van der Waals surface area contributed by atoms with Gasteiger partial charge in [-0.1, -0.05) is 29.3 Å². The molecule has 1 fully saturated rings. The molecule has 5 N–H and O–H groups in total. The van der Waals surface area contributed by atoms with Crippen LogP contribution in [0.25, 0.3) is 0 Å². The number of rotatable bonds is 10. The van der Waals surface area contributed by atoms with E-state index in [0.717, 1.165) is 11.1 Å². The minimum Gasteiger partial charge on any atom is -0.404 e. The van der Waals surface area contributed by atoms with Crippen LogP contribution in [0.4, 0.5) is 0 Å². The number of hydrogen-bond acceptors (Lipinski definition) is 7. The van der Waals surface area contributed by atoms with Crippen molar-refractivity contribution in [3.63, 3.8) is 0 Å². The fourth-order valence-corrected chi connectivity index (χ4v) is 3.56. The molecule has 0 radical (unpaired) electrons. The molecule has 1 amide bonds. The van der Waals surface area contributed by atoms with Gasteiger partial charge in [0, 0.05) is 19.6 Å². The number of allylic oxidation sites excluding steroid dienone is 1. The summed E-state index contributed by atoms with van der Waals surface area (Å²) in [5, 5.41) is 16.9. The Morgan fingerprint density at radius 1 is 1.27 bits per heavy atom. The Hall–Kier alpha value is -2.10. The molecule has 0 aliphatic carbocycles. The zero-order valence-corrected chi connectivity index (χ0v) is 20.8. The summed E-state index contributed by atoms with van der Waals surface area (Å²) < 4.78 is 5.37. The normalized spacial score (nSPS) is 16.3. The highest BCUT2D eigenvalue weighted by Gasteiger charge is 2.22. The SMILES string of the molecule is CC(C)=C(NCc1ccc(Cl)c(Cl)c1)NC(=O)C(=NCC(CO)N1CCOCC1)/C(C)=C\N. The van der Waals surface area contributed by atoms with E-state index < -0.39 is 0 Å². The van der Waals surface area contributed by atoms with Crippen LogP contribution < -0.4 is 16.4 Å². The third-order valence-electron chi connectivity index (χ3n) is 5.26. The fourth-order valence-electron chi connectivity index (χ4n) is 3.24. The summed E-state index contributed by atoms with van der Waals surface area (Å²) in [7, 11) is 0. The molecule has 1 aromatic carbocycles. The Bertz CT molecular complexity index is 907. The number of carbonyl (C=O) groups is 1. The molecule has 1 aliphatic rings. The van der Waals surface area contributed by atoms with Crippen molar-refractivity contribution in [2.45, 2.75) is 33.4 Å². The average molecular weight is 498 g/mol. The number of aliphatic imine (C=N–C) groups is 1. The second kappa shape index (κ2) is 13.6. The molecule has 1 saturated heterocycles. The Kier molecular flexibility index (Phi) is 11.2. The second-order valence-corrected chi connectivity index (χ2v) is 8.77. The van der Waals surface area contributed by atoms with Crippen LogP contribution in [0.3, 0.4) is 0 Å². The molecule has 2 rings (SSSR count). The summed E-state index contributed by atoms with van der Waals surface area (Å²) in [4.78, 5) is 19.7. The maximum atomic E-state index is 13.1. The molecule has 1 unspecified atom stereocenters. The molecule has 33 heavy (non-hydrogen) atoms. The first-order chi connectivity index (χ1) is 15.8. The summed E-state index contributed by atoms with van der Waals surface area (Å²) in [5.41, 5.74) is 8.27. The van der Waals surface area contributed by atoms with Crippen molar-refractivity contribution in [3.05, 3.63) is 57.0 Å². The maximum Gasteiger partial charge on any atom is 0.275 e. The number of ether oxygens (including phenoxy) is 1. The minimum atomic E-state index is -0.384. The first-order valence-corrected chi connectivity index (χ1v) is 11.5. The summed E-state index contributed by atoms with van der Waals surface area (Å²) in [6, 6.07) is 5.17. The van der Waals surface area contributed by atoms with E-state index >= 15 is 0 Å². The highest BCUT2D eigenvalue weighted by atomic mass is 35.5. The summed E-state index contributed by atoms with van der Waals surface area (Å²) in [5.74, 6) is 0.182. The van der Waals surface area contributed by atoms with Crippen LogP contribution in [0.5, 0.6) is 0 Å². The highest BCUT2D eigenvalue weighted by Crippen LogP contribution is 2.22. The van der Waals surface area contributed by atoms with Gasteiger partial charge in [0.15, 0.2) is 0 Å². The number of hydrogen-bond donors (Lipinski definition) is 4. The third kappa shape index (κ3) is 8.32. The summed E-state index contributed by atoms with van der Waals surface area (Å²) in [6.07, 6.45) is 1.35. The van der Waals surface area contributed by atoms with Gasteiger partial charge in [-0.05, 0) is 55.8 Å². The molecular weight excluding hydrogens is 465 g/mol. The number of aliphatic hydroxyl groups excluding tert-OH is 1. The standard InChI is InChI=1S/C23H33Cl2N5O3/c1-15(2)22(28-12-17-4-5-19(24)20(25)10-17)29-23(32)21(16(3)11-26)27-13-18(14-31)30-6-8-33-9-7-30/h4-5,10-11,18,28,31H,6-9,12-14,26H2,1-3H3,(H,29,32)/b16-11-,27-21?. The van der Waals surface area contributed by atoms with Crippen molar-refractivity contribution in [1.29, 1.82) is 0 Å². The largest absolute Gasteiger partial charge is 0.404 e. The minimum absolute atomic E-state index is 0.0613. The number of nitrogens with two attached hydrogens (primary N) is 1. The molecule has 1 aliphatic heterocycles. The molecule has 8 nitrogen and oxygen atoms in total. The molecule has 182 valence electrons. The van der Waals surface area contributed by atoms with Crippen LogP contribution in [-0.4, -0.2) is 67.1 Å². The van der Waals surface area contributed by atoms with Gasteiger partial charge in [0.2, 0.25) is 0 Å². The number of nitrogens with zero attached hydrogens (tertiary/aromatic N) is 2. The quantitative estimate of drug-likeness (QED) is 0.369. The third-order valence-corrected chi connectivity index (χ3v) is 6.00. The lowest BCUT2D eigenvalue weighted by Crippen LogP contribution is -2.47. The molecule has 1 heterocycles. The van der Waals surface area contributed by atoms with Gasteiger partial charge in [0.05, 0.1) is 42.5 Å². The first kappa shape index (κ1) is 27.1. The van der Waals surface area contributed by atoms with Gasteiger partial charge < -0.3 is 26.2 Å². The van der Waals surface area contributed by atoms with Crippen LogP contribution in [-0.2, 0) is 16.1 Å². The van der Waals surface area contributed by atoms with E-state index in [1.807, 2.05) is 19.9 Å². The van der Waals surface area contributed by atoms with Crippen LogP contribution >= 0.6 is 23.2 Å². The fraction of sp³-hybridized carbons (Fsp3) is 0.478. The smallest absolute Gasteiger partial charge is 0.275 e. The monoisotopic (exact) mass is 497 g/mol. The average Bonchev–Trinajstić information content (AvgIpc) is 2.81. The number of carbonyl (C=O) groups excluding carboxylic acids is 1. The number of nitrogens with one attached hydrogen (secondary N) is 2. The van der Waals surface area contributed by atoms with Crippen molar-refractivity contribution in [1.82, 2.24) is 15.5 Å². The van der Waals surface area contributed by atoms with Gasteiger partial charge in [-0.3, -0.25) is 14.7 Å². The van der Waals surface area contributed by atoms with Crippen LogP contribution in [0.1, 0.15) is 26.3 Å². The van der Waals surface area contributed by atoms with E-state index in [-0.39, 0.29) is 30.8 Å². The first-order valence-electron chi connectivity index (χ1n) is 10.8. The molecule has 0 spiro atoms. The lowest BCUT2D eigenvalue weighted by molar-refractivity contribution is -0.114. The van der Waals surface area contributed by atoms with Crippen LogP contribution in [0, 0.1) is 0 Å². The molecule has 1 atom stereocenters. The molecule has 1 aromatic rings. The van der Waals surface area contributed by atoms with Gasteiger partial charge in [0.25, 0.3) is 5.91 Å². The number of benzene rings is 1. The van der Waals surface area contributed by atoms with Gasteiger partial charge in [-0.25, -0.2) is 0 Å². The van der Waals surface area contributed by atoms with Crippen molar-refractivity contribution >= 4 is 34.8 Å². The lowest BCUT2D eigenvalue weighted by Gasteiger charge is -2.32. The van der Waals surface area contributed by atoms with Crippen molar-refractivity contribution in [3.8, 4) is 0 Å². The van der Waals surface area contributed by atoms with E-state index in [4.69, 9.17) is 33.7 Å². The Morgan fingerprint density at radius 3 is 2.55 bits per heavy atom. The van der Waals surface area contributed by atoms with E-state index in [9.17, 15) is 9.90 Å². The Labute approximate surface area is 205 Å². The van der Waals surface area contributed by atoms with Gasteiger partial charge >= 0.3 is 0 Å². The van der Waals surface area contributed by atoms with Crippen LogP contribution in [0.2, 0.25) is 10.0 Å². The predicted octanol–water partition coefficient (Wildman–Crippen LogP) is 2.45. The lowest BCUT2D eigenvalue weighted by atomic mass is 10.1. The molecule has 0 saturated carbocycles. The van der Waals surface area contributed by atoms with E-state index in [1.54, 1.807) is 19.1 Å². The molecule has 0 aromatic heterocycles. The highest BCUT2D eigenvalue weighted by molar-refractivity contribution is 6.45. The Morgan fingerprint density at radius 2 is 1.97 bits per heavy atom. The summed E-state index contributed by atoms with van der Waals surface area (Å²) in [6.45, 7) is 8.82. The van der Waals surface area contributed by atoms with Crippen LogP contribution in [0.15, 0.2) is 46.4 Å². The number of amides is 1. The number of morpholine rings is 1. The van der Waals surface area contributed by atoms with Crippen molar-refractivity contribution in [2.24, 2.45) is 10.7 Å². The number of halogens is 2.